The Balaban J connectivity index is 1.42. The van der Waals surface area contributed by atoms with Crippen molar-refractivity contribution in [3.63, 3.8) is 0 Å². The van der Waals surface area contributed by atoms with Gasteiger partial charge in [0.15, 0.2) is 4.80 Å². The minimum atomic E-state index is -0.865. The molecule has 46 heavy (non-hydrogen) atoms. The maximum absolute atomic E-state index is 14.0. The smallest absolute Gasteiger partial charge is 0.339 e. The lowest BCUT2D eigenvalue weighted by molar-refractivity contribution is -0.113. The van der Waals surface area contributed by atoms with Gasteiger partial charge in [0.1, 0.15) is 17.3 Å². The van der Waals surface area contributed by atoms with Gasteiger partial charge in [0.25, 0.3) is 11.5 Å². The molecule has 0 spiro atoms. The van der Waals surface area contributed by atoms with E-state index in [2.05, 4.69) is 10.3 Å². The summed E-state index contributed by atoms with van der Waals surface area (Å²) in [6.07, 6.45) is 1.26. The predicted octanol–water partition coefficient (Wildman–Crippen LogP) is 6.49. The molecule has 6 rings (SSSR count). The van der Waals surface area contributed by atoms with E-state index in [1.54, 1.807) is 93.6 Å². The van der Waals surface area contributed by atoms with Gasteiger partial charge >= 0.3 is 5.97 Å². The number of esters is 1. The third-order valence-corrected chi connectivity index (χ3v) is 8.41. The molecule has 0 saturated carbocycles. The Bertz CT molecular complexity index is 2180. The van der Waals surface area contributed by atoms with Gasteiger partial charge in [0, 0.05) is 22.3 Å². The van der Waals surface area contributed by atoms with Gasteiger partial charge in [0.2, 0.25) is 0 Å². The first-order chi connectivity index (χ1) is 22.1. The van der Waals surface area contributed by atoms with E-state index < -0.39 is 29.3 Å². The largest absolute Gasteiger partial charge is 0.459 e. The number of halogens is 2. The van der Waals surface area contributed by atoms with Gasteiger partial charge in [-0.05, 0) is 80.9 Å². The highest BCUT2D eigenvalue weighted by atomic mass is 35.5. The van der Waals surface area contributed by atoms with E-state index in [-0.39, 0.29) is 17.2 Å². The molecule has 0 radical (unpaired) electrons. The van der Waals surface area contributed by atoms with Crippen LogP contribution < -0.4 is 20.2 Å². The van der Waals surface area contributed by atoms with E-state index in [1.165, 1.54) is 16.7 Å². The van der Waals surface area contributed by atoms with Crippen LogP contribution in [0.2, 0.25) is 5.02 Å². The van der Waals surface area contributed by atoms with Crippen LogP contribution >= 0.6 is 22.9 Å². The van der Waals surface area contributed by atoms with Crippen LogP contribution in [-0.2, 0) is 9.53 Å². The van der Waals surface area contributed by atoms with Crippen LogP contribution in [0.1, 0.15) is 48.5 Å². The summed E-state index contributed by atoms with van der Waals surface area (Å²) < 4.78 is 27.1. The second kappa shape index (κ2) is 12.7. The van der Waals surface area contributed by atoms with Crippen LogP contribution in [0.4, 0.5) is 10.1 Å². The number of benzene rings is 3. The molecule has 0 fully saturated rings. The summed E-state index contributed by atoms with van der Waals surface area (Å²) in [5, 5.41) is 3.30. The van der Waals surface area contributed by atoms with Crippen LogP contribution in [-0.4, -0.2) is 22.5 Å². The molecule has 0 saturated heterocycles. The lowest BCUT2D eigenvalue weighted by Gasteiger charge is -2.25. The van der Waals surface area contributed by atoms with Gasteiger partial charge in [-0.25, -0.2) is 14.2 Å². The first kappa shape index (κ1) is 30.9. The molecular weight excluding hydrogens is 629 g/mol. The number of carbonyl (C=O) groups is 2. The molecule has 1 aliphatic rings. The number of aromatic nitrogens is 1. The van der Waals surface area contributed by atoms with Gasteiger partial charge in [-0.15, -0.1) is 0 Å². The molecule has 2 aromatic heterocycles. The monoisotopic (exact) mass is 655 g/mol. The normalized spacial score (nSPS) is 14.7. The van der Waals surface area contributed by atoms with Crippen molar-refractivity contribution in [1.82, 2.24) is 4.57 Å². The Hall–Kier alpha value is -5.06. The Morgan fingerprint density at radius 3 is 2.52 bits per heavy atom. The molecule has 1 N–H and O–H groups in total. The third kappa shape index (κ3) is 6.22. The highest BCUT2D eigenvalue weighted by Gasteiger charge is 2.32. The molecular formula is C35H27ClFN3O5S. The zero-order valence-corrected chi connectivity index (χ0v) is 26.5. The zero-order chi connectivity index (χ0) is 32.5. The number of anilines is 1. The molecule has 8 nitrogen and oxygen atoms in total. The standard InChI is InChI=1S/C35H27ClFN3O5S/c1-19(2)44-34(43)26-15-11-22(36)17-27(26)28-16-14-25(45-28)18-29-33(42)40-31(21-9-12-23(37)13-10-21)30(20(3)38-35(40)46-29)32(41)39-24-7-5-4-6-8-24/h4-19,31H,1-3H3,(H,39,41)/b29-18+/t31-/m1/s1. The zero-order valence-electron chi connectivity index (χ0n) is 24.9. The number of rotatable bonds is 7. The summed E-state index contributed by atoms with van der Waals surface area (Å²) in [5.74, 6) is -0.686. The highest BCUT2D eigenvalue weighted by molar-refractivity contribution is 7.07. The molecule has 0 aliphatic carbocycles. The van der Waals surface area contributed by atoms with Crippen molar-refractivity contribution in [2.45, 2.75) is 32.9 Å². The molecule has 5 aromatic rings. The number of ether oxygens (including phenoxy) is 1. The maximum Gasteiger partial charge on any atom is 0.339 e. The molecule has 232 valence electrons. The summed E-state index contributed by atoms with van der Waals surface area (Å²) in [5.41, 5.74) is 2.14. The van der Waals surface area contributed by atoms with Gasteiger partial charge in [0.05, 0.1) is 33.5 Å². The number of carbonyl (C=O) groups excluding carboxylic acids is 2. The van der Waals surface area contributed by atoms with Crippen molar-refractivity contribution < 1.29 is 23.1 Å². The summed E-state index contributed by atoms with van der Waals surface area (Å²) in [6, 6.07) is 21.9. The first-order valence-electron chi connectivity index (χ1n) is 14.3. The number of furan rings is 1. The average Bonchev–Trinajstić information content (AvgIpc) is 3.61. The molecule has 11 heteroatoms. The lowest BCUT2D eigenvalue weighted by Crippen LogP contribution is -2.40. The third-order valence-electron chi connectivity index (χ3n) is 7.19. The first-order valence-corrected chi connectivity index (χ1v) is 15.5. The van der Waals surface area contributed by atoms with Crippen molar-refractivity contribution in [2.24, 2.45) is 4.99 Å². The Morgan fingerprint density at radius 2 is 1.80 bits per heavy atom. The lowest BCUT2D eigenvalue weighted by atomic mass is 9.95. The van der Waals surface area contributed by atoms with Gasteiger partial charge in [-0.1, -0.05) is 53.3 Å². The van der Waals surface area contributed by atoms with Crippen molar-refractivity contribution >= 4 is 46.6 Å². The van der Waals surface area contributed by atoms with E-state index in [0.717, 1.165) is 11.3 Å². The van der Waals surface area contributed by atoms with Crippen LogP contribution in [0.3, 0.4) is 0 Å². The van der Waals surface area contributed by atoms with E-state index in [9.17, 15) is 18.8 Å². The molecule has 1 aliphatic heterocycles. The molecule has 1 amide bonds. The van der Waals surface area contributed by atoms with E-state index in [0.29, 0.717) is 48.4 Å². The number of allylic oxidation sites excluding steroid dienone is 1. The number of para-hydroxylation sites is 1. The van der Waals surface area contributed by atoms with Crippen LogP contribution in [0.25, 0.3) is 17.4 Å². The average molecular weight is 656 g/mol. The van der Waals surface area contributed by atoms with E-state index in [4.69, 9.17) is 20.8 Å². The number of hydrogen-bond acceptors (Lipinski definition) is 7. The summed E-state index contributed by atoms with van der Waals surface area (Å²) >= 11 is 7.38. The molecule has 0 unspecified atom stereocenters. The Kier molecular flexibility index (Phi) is 8.57. The number of amides is 1. The minimum Gasteiger partial charge on any atom is -0.459 e. The van der Waals surface area contributed by atoms with Gasteiger partial charge in [-0.3, -0.25) is 14.2 Å². The van der Waals surface area contributed by atoms with Gasteiger partial charge < -0.3 is 14.5 Å². The topological polar surface area (TPSA) is 103 Å². The summed E-state index contributed by atoms with van der Waals surface area (Å²) in [7, 11) is 0. The molecule has 3 aromatic carbocycles. The van der Waals surface area contributed by atoms with Crippen LogP contribution in [0.15, 0.2) is 110 Å². The number of nitrogens with zero attached hydrogens (tertiary/aromatic N) is 2. The van der Waals surface area contributed by atoms with Crippen molar-refractivity contribution in [2.75, 3.05) is 5.32 Å². The van der Waals surface area contributed by atoms with E-state index >= 15 is 0 Å². The van der Waals surface area contributed by atoms with Crippen molar-refractivity contribution in [3.8, 4) is 11.3 Å². The second-order valence-electron chi connectivity index (χ2n) is 10.8. The number of thiazole rings is 1. The van der Waals surface area contributed by atoms with Crippen molar-refractivity contribution in [1.29, 1.82) is 0 Å². The Labute approximate surface area is 271 Å². The molecule has 3 heterocycles. The predicted molar refractivity (Wildman–Crippen MR) is 175 cm³/mol. The SMILES string of the molecule is CC1=C(C(=O)Nc2ccccc2)[C@@H](c2ccc(F)cc2)n2c(s/c(=C/c3ccc(-c4cc(Cl)ccc4C(=O)OC(C)C)o3)c2=O)=N1. The number of fused-ring (bicyclic) bond motifs is 1. The molecule has 0 bridgehead atoms. The highest BCUT2D eigenvalue weighted by Crippen LogP contribution is 2.32. The van der Waals surface area contributed by atoms with Crippen LogP contribution in [0.5, 0.6) is 0 Å². The minimum absolute atomic E-state index is 0.261. The van der Waals surface area contributed by atoms with Crippen molar-refractivity contribution in [3.05, 3.63) is 144 Å². The second-order valence-corrected chi connectivity index (χ2v) is 12.2. The number of nitrogens with one attached hydrogen (secondary N) is 1. The summed E-state index contributed by atoms with van der Waals surface area (Å²) in [4.78, 5) is 45.4. The Morgan fingerprint density at radius 1 is 1.07 bits per heavy atom. The molecule has 1 atom stereocenters. The quantitative estimate of drug-likeness (QED) is 0.202. The number of hydrogen-bond donors (Lipinski definition) is 1. The van der Waals surface area contributed by atoms with Crippen LogP contribution in [0, 0.1) is 5.82 Å². The van der Waals surface area contributed by atoms with E-state index in [1.807, 2.05) is 6.07 Å². The fourth-order valence-corrected chi connectivity index (χ4v) is 6.37. The maximum atomic E-state index is 14.0. The fraction of sp³-hybridized carbons (Fsp3) is 0.143. The van der Waals surface area contributed by atoms with Gasteiger partial charge in [-0.2, -0.15) is 0 Å². The fourth-order valence-electron chi connectivity index (χ4n) is 5.17. The summed E-state index contributed by atoms with van der Waals surface area (Å²) in [6.45, 7) is 5.23.